The average molecular weight is 418 g/mol. The minimum absolute atomic E-state index is 0.0233. The van der Waals surface area contributed by atoms with Crippen LogP contribution in [0.25, 0.3) is 17.1 Å². The Balaban J connectivity index is 1.53. The van der Waals surface area contributed by atoms with Crippen molar-refractivity contribution in [2.24, 2.45) is 0 Å². The smallest absolute Gasteiger partial charge is 0.244 e. The van der Waals surface area contributed by atoms with E-state index in [2.05, 4.69) is 5.32 Å². The van der Waals surface area contributed by atoms with Crippen LogP contribution in [0.3, 0.4) is 0 Å². The van der Waals surface area contributed by atoms with Crippen LogP contribution in [0.5, 0.6) is 0 Å². The second kappa shape index (κ2) is 9.57. The summed E-state index contributed by atoms with van der Waals surface area (Å²) in [4.78, 5) is 31.9. The second-order valence-electron chi connectivity index (χ2n) is 7.51. The molecule has 31 heavy (non-hydrogen) atoms. The third-order valence-electron chi connectivity index (χ3n) is 5.31. The molecule has 1 atom stereocenters. The van der Waals surface area contributed by atoms with E-state index in [1.54, 1.807) is 6.08 Å². The molecule has 1 fully saturated rings. The predicted molar refractivity (Wildman–Crippen MR) is 119 cm³/mol. The topological polar surface area (TPSA) is 76.5 Å². The van der Waals surface area contributed by atoms with E-state index in [9.17, 15) is 9.59 Å². The van der Waals surface area contributed by atoms with Crippen LogP contribution in [0.4, 0.5) is 0 Å². The Morgan fingerprint density at radius 1 is 1.10 bits per heavy atom. The number of imidazole rings is 1. The monoisotopic (exact) mass is 418 g/mol. The first kappa shape index (κ1) is 20.8. The SMILES string of the molecule is CC(NC(=O)/C=C\c1ccccc1)c1nc2ccccc2n1CC(=O)N1CCOCC1. The van der Waals surface area contributed by atoms with Crippen LogP contribution in [0.1, 0.15) is 24.4 Å². The molecule has 0 aliphatic carbocycles. The van der Waals surface area contributed by atoms with Gasteiger partial charge in [0, 0.05) is 19.2 Å². The number of nitrogens with zero attached hydrogens (tertiary/aromatic N) is 3. The Hall–Kier alpha value is -3.45. The van der Waals surface area contributed by atoms with E-state index in [0.29, 0.717) is 32.1 Å². The van der Waals surface area contributed by atoms with E-state index in [-0.39, 0.29) is 24.4 Å². The molecule has 3 aromatic rings. The number of carbonyl (C=O) groups excluding carboxylic acids is 2. The summed E-state index contributed by atoms with van der Waals surface area (Å²) in [6.45, 7) is 4.36. The molecule has 1 unspecified atom stereocenters. The quantitative estimate of drug-likeness (QED) is 0.625. The molecule has 2 aromatic carbocycles. The van der Waals surface area contributed by atoms with E-state index in [1.807, 2.05) is 71.0 Å². The van der Waals surface area contributed by atoms with Crippen LogP contribution < -0.4 is 5.32 Å². The van der Waals surface area contributed by atoms with Crippen molar-refractivity contribution in [3.05, 3.63) is 72.1 Å². The summed E-state index contributed by atoms with van der Waals surface area (Å²) in [5.74, 6) is 0.467. The van der Waals surface area contributed by atoms with Crippen LogP contribution in [0, 0.1) is 0 Å². The zero-order chi connectivity index (χ0) is 21.6. The van der Waals surface area contributed by atoms with Gasteiger partial charge in [-0.1, -0.05) is 42.5 Å². The number of amides is 2. The Morgan fingerprint density at radius 3 is 2.58 bits per heavy atom. The van der Waals surface area contributed by atoms with Gasteiger partial charge in [-0.05, 0) is 30.7 Å². The zero-order valence-corrected chi connectivity index (χ0v) is 17.5. The number of para-hydroxylation sites is 2. The van der Waals surface area contributed by atoms with Crippen LogP contribution >= 0.6 is 0 Å². The summed E-state index contributed by atoms with van der Waals surface area (Å²) in [6, 6.07) is 17.0. The average Bonchev–Trinajstić information content (AvgIpc) is 3.17. The van der Waals surface area contributed by atoms with Crippen molar-refractivity contribution in [2.45, 2.75) is 19.5 Å². The van der Waals surface area contributed by atoms with Gasteiger partial charge in [-0.25, -0.2) is 4.98 Å². The molecule has 7 nitrogen and oxygen atoms in total. The Bertz CT molecular complexity index is 1080. The van der Waals surface area contributed by atoms with Crippen molar-refractivity contribution < 1.29 is 14.3 Å². The van der Waals surface area contributed by atoms with Gasteiger partial charge in [0.15, 0.2) is 0 Å². The lowest BCUT2D eigenvalue weighted by atomic mass is 10.2. The van der Waals surface area contributed by atoms with Gasteiger partial charge in [0.1, 0.15) is 12.4 Å². The van der Waals surface area contributed by atoms with E-state index >= 15 is 0 Å². The van der Waals surface area contributed by atoms with Crippen molar-refractivity contribution >= 4 is 28.9 Å². The van der Waals surface area contributed by atoms with Crippen LogP contribution in [0.15, 0.2) is 60.7 Å². The van der Waals surface area contributed by atoms with Gasteiger partial charge in [0.2, 0.25) is 11.8 Å². The highest BCUT2D eigenvalue weighted by atomic mass is 16.5. The summed E-state index contributed by atoms with van der Waals surface area (Å²) in [5.41, 5.74) is 2.63. The van der Waals surface area contributed by atoms with Gasteiger partial charge in [0.05, 0.1) is 30.3 Å². The van der Waals surface area contributed by atoms with Gasteiger partial charge < -0.3 is 19.5 Å². The predicted octanol–water partition coefficient (Wildman–Crippen LogP) is 2.79. The number of hydrogen-bond donors (Lipinski definition) is 1. The van der Waals surface area contributed by atoms with E-state index in [1.165, 1.54) is 6.08 Å². The summed E-state index contributed by atoms with van der Waals surface area (Å²) >= 11 is 0. The molecule has 1 saturated heterocycles. The molecule has 0 radical (unpaired) electrons. The summed E-state index contributed by atoms with van der Waals surface area (Å²) in [7, 11) is 0. The minimum Gasteiger partial charge on any atom is -0.378 e. The molecule has 160 valence electrons. The second-order valence-corrected chi connectivity index (χ2v) is 7.51. The van der Waals surface area contributed by atoms with Crippen molar-refractivity contribution in [3.63, 3.8) is 0 Å². The highest BCUT2D eigenvalue weighted by molar-refractivity contribution is 5.92. The number of rotatable bonds is 6. The van der Waals surface area contributed by atoms with E-state index < -0.39 is 0 Å². The Morgan fingerprint density at radius 2 is 1.81 bits per heavy atom. The molecule has 2 heterocycles. The molecule has 2 amide bonds. The molecule has 1 aliphatic rings. The number of nitrogens with one attached hydrogen (secondary N) is 1. The molecule has 1 aromatic heterocycles. The lowest BCUT2D eigenvalue weighted by Gasteiger charge is -2.27. The largest absolute Gasteiger partial charge is 0.378 e. The normalized spacial score (nSPS) is 15.3. The first-order valence-electron chi connectivity index (χ1n) is 10.5. The molecular weight excluding hydrogens is 392 g/mol. The maximum absolute atomic E-state index is 12.9. The molecule has 0 saturated carbocycles. The number of aromatic nitrogens is 2. The first-order valence-corrected chi connectivity index (χ1v) is 10.5. The fourth-order valence-electron chi connectivity index (χ4n) is 3.70. The van der Waals surface area contributed by atoms with Gasteiger partial charge in [0.25, 0.3) is 0 Å². The summed E-state index contributed by atoms with van der Waals surface area (Å²) in [6.07, 6.45) is 3.28. The minimum atomic E-state index is -0.363. The lowest BCUT2D eigenvalue weighted by molar-refractivity contribution is -0.135. The van der Waals surface area contributed by atoms with Gasteiger partial charge in [-0.3, -0.25) is 9.59 Å². The number of ether oxygens (including phenoxy) is 1. The molecule has 1 N–H and O–H groups in total. The number of fused-ring (bicyclic) bond motifs is 1. The standard InChI is InChI=1S/C24H26N4O3/c1-18(25-22(29)12-11-19-7-3-2-4-8-19)24-26-20-9-5-6-10-21(20)28(24)17-23(30)27-13-15-31-16-14-27/h2-12,18H,13-17H2,1H3,(H,25,29)/b12-11-. The molecule has 1 aliphatic heterocycles. The molecule has 0 bridgehead atoms. The molecular formula is C24H26N4O3. The van der Waals surface area contributed by atoms with Crippen LogP contribution in [-0.4, -0.2) is 52.6 Å². The third-order valence-corrected chi connectivity index (χ3v) is 5.31. The van der Waals surface area contributed by atoms with Crippen LogP contribution in [-0.2, 0) is 20.9 Å². The number of morpholine rings is 1. The number of carbonyl (C=O) groups is 2. The van der Waals surface area contributed by atoms with Crippen molar-refractivity contribution in [1.82, 2.24) is 19.8 Å². The molecule has 7 heteroatoms. The first-order chi connectivity index (χ1) is 15.1. The van der Waals surface area contributed by atoms with Gasteiger partial charge >= 0.3 is 0 Å². The Labute approximate surface area is 181 Å². The van der Waals surface area contributed by atoms with Crippen molar-refractivity contribution in [2.75, 3.05) is 26.3 Å². The van der Waals surface area contributed by atoms with E-state index in [4.69, 9.17) is 9.72 Å². The zero-order valence-electron chi connectivity index (χ0n) is 17.5. The lowest BCUT2D eigenvalue weighted by Crippen LogP contribution is -2.42. The van der Waals surface area contributed by atoms with Crippen molar-refractivity contribution in [3.8, 4) is 0 Å². The maximum Gasteiger partial charge on any atom is 0.244 e. The highest BCUT2D eigenvalue weighted by Crippen LogP contribution is 2.21. The maximum atomic E-state index is 12.9. The van der Waals surface area contributed by atoms with Gasteiger partial charge in [-0.2, -0.15) is 0 Å². The number of benzene rings is 2. The van der Waals surface area contributed by atoms with E-state index in [0.717, 1.165) is 16.6 Å². The third kappa shape index (κ3) is 5.00. The molecule has 4 rings (SSSR count). The van der Waals surface area contributed by atoms with Crippen LogP contribution in [0.2, 0.25) is 0 Å². The Kier molecular flexibility index (Phi) is 6.43. The summed E-state index contributed by atoms with van der Waals surface area (Å²) in [5, 5.41) is 2.97. The number of hydrogen-bond acceptors (Lipinski definition) is 4. The summed E-state index contributed by atoms with van der Waals surface area (Å²) < 4.78 is 7.25. The fraction of sp³-hybridized carbons (Fsp3) is 0.292. The van der Waals surface area contributed by atoms with Crippen molar-refractivity contribution in [1.29, 1.82) is 0 Å². The van der Waals surface area contributed by atoms with Gasteiger partial charge in [-0.15, -0.1) is 0 Å². The highest BCUT2D eigenvalue weighted by Gasteiger charge is 2.22. The fourth-order valence-corrected chi connectivity index (χ4v) is 3.70. The molecule has 0 spiro atoms.